The van der Waals surface area contributed by atoms with Crippen LogP contribution in [0.3, 0.4) is 0 Å². The molecule has 1 aromatic rings. The minimum absolute atomic E-state index is 0.562. The summed E-state index contributed by atoms with van der Waals surface area (Å²) in [6, 6.07) is 0. The summed E-state index contributed by atoms with van der Waals surface area (Å²) in [6.07, 6.45) is 4.09. The number of hydrogen-bond acceptors (Lipinski definition) is 3. The second kappa shape index (κ2) is 5.32. The monoisotopic (exact) mass is 249 g/mol. The largest absolute Gasteiger partial charge is 0.369 e. The summed E-state index contributed by atoms with van der Waals surface area (Å²) in [5.41, 5.74) is 0. The Morgan fingerprint density at radius 2 is 2.42 bits per heavy atom. The minimum Gasteiger partial charge on any atom is -0.369 e. The van der Waals surface area contributed by atoms with E-state index >= 15 is 0 Å². The van der Waals surface area contributed by atoms with E-state index in [1.54, 1.807) is 6.20 Å². The van der Waals surface area contributed by atoms with Gasteiger partial charge in [0.25, 0.3) is 0 Å². The maximum atomic E-state index is 5.80. The number of halogens is 2. The average Bonchev–Trinajstić information content (AvgIpc) is 2.09. The van der Waals surface area contributed by atoms with Crippen molar-refractivity contribution in [2.75, 3.05) is 17.2 Å². The summed E-state index contributed by atoms with van der Waals surface area (Å²) in [5, 5.41) is 4.64. The van der Waals surface area contributed by atoms with Crippen LogP contribution in [0.1, 0.15) is 6.42 Å². The Labute approximate surface area is 84.7 Å². The molecule has 0 saturated carbocycles. The van der Waals surface area contributed by atoms with E-state index in [1.807, 2.05) is 0 Å². The Hall–Kier alpha value is -0.350. The number of hydrogen-bond donors (Lipinski definition) is 1. The molecule has 0 amide bonds. The number of aromatic nitrogens is 2. The van der Waals surface area contributed by atoms with E-state index in [9.17, 15) is 0 Å². The zero-order valence-corrected chi connectivity index (χ0v) is 8.77. The van der Waals surface area contributed by atoms with E-state index in [-0.39, 0.29) is 0 Å². The zero-order valence-electron chi connectivity index (χ0n) is 6.43. The lowest BCUT2D eigenvalue weighted by Crippen LogP contribution is -2.04. The van der Waals surface area contributed by atoms with Gasteiger partial charge in [-0.05, 0) is 6.42 Å². The SMILES string of the molecule is Clc1cncnc1NCCCBr. The second-order valence-electron chi connectivity index (χ2n) is 2.19. The van der Waals surface area contributed by atoms with Crippen molar-refractivity contribution in [1.82, 2.24) is 9.97 Å². The molecule has 0 fully saturated rings. The molecule has 1 N–H and O–H groups in total. The van der Waals surface area contributed by atoms with Gasteiger partial charge in [-0.1, -0.05) is 27.5 Å². The quantitative estimate of drug-likeness (QED) is 0.658. The molecule has 1 heterocycles. The molecule has 0 spiro atoms. The van der Waals surface area contributed by atoms with Crippen LogP contribution < -0.4 is 5.32 Å². The predicted molar refractivity (Wildman–Crippen MR) is 53.9 cm³/mol. The maximum absolute atomic E-state index is 5.80. The summed E-state index contributed by atoms with van der Waals surface area (Å²) in [4.78, 5) is 7.76. The van der Waals surface area contributed by atoms with Gasteiger partial charge in [0.1, 0.15) is 17.2 Å². The first-order valence-corrected chi connectivity index (χ1v) is 5.10. The number of nitrogens with one attached hydrogen (secondary N) is 1. The van der Waals surface area contributed by atoms with Crippen LogP contribution in [0.4, 0.5) is 5.82 Å². The van der Waals surface area contributed by atoms with Crippen molar-refractivity contribution >= 4 is 33.3 Å². The summed E-state index contributed by atoms with van der Waals surface area (Å²) in [6.45, 7) is 0.863. The summed E-state index contributed by atoms with van der Waals surface area (Å²) in [5.74, 6) is 0.701. The highest BCUT2D eigenvalue weighted by Crippen LogP contribution is 2.15. The third-order valence-electron chi connectivity index (χ3n) is 1.27. The highest BCUT2D eigenvalue weighted by molar-refractivity contribution is 9.09. The van der Waals surface area contributed by atoms with Crippen molar-refractivity contribution in [3.63, 3.8) is 0 Å². The lowest BCUT2D eigenvalue weighted by Gasteiger charge is -2.04. The van der Waals surface area contributed by atoms with Gasteiger partial charge in [0.15, 0.2) is 0 Å². The Morgan fingerprint density at radius 3 is 3.08 bits per heavy atom. The lowest BCUT2D eigenvalue weighted by molar-refractivity contribution is 0.981. The zero-order chi connectivity index (χ0) is 8.81. The first-order chi connectivity index (χ1) is 5.84. The van der Waals surface area contributed by atoms with Crippen LogP contribution in [-0.4, -0.2) is 21.8 Å². The van der Waals surface area contributed by atoms with E-state index in [0.717, 1.165) is 18.3 Å². The third-order valence-corrected chi connectivity index (χ3v) is 2.11. The van der Waals surface area contributed by atoms with Crippen molar-refractivity contribution in [2.24, 2.45) is 0 Å². The standard InChI is InChI=1S/C7H9BrClN3/c8-2-1-3-11-7-6(9)4-10-5-12-7/h4-5H,1-3H2,(H,10,11,12). The van der Waals surface area contributed by atoms with Crippen LogP contribution in [-0.2, 0) is 0 Å². The molecule has 0 aliphatic carbocycles. The van der Waals surface area contributed by atoms with Crippen LogP contribution in [0.2, 0.25) is 5.02 Å². The van der Waals surface area contributed by atoms with Gasteiger partial charge in [0.2, 0.25) is 0 Å². The molecular formula is C7H9BrClN3. The molecule has 12 heavy (non-hydrogen) atoms. The summed E-state index contributed by atoms with van der Waals surface area (Å²) < 4.78 is 0. The van der Waals surface area contributed by atoms with Gasteiger partial charge in [0.05, 0.1) is 6.20 Å². The van der Waals surface area contributed by atoms with Gasteiger partial charge in [-0.3, -0.25) is 0 Å². The number of anilines is 1. The molecule has 1 rings (SSSR count). The van der Waals surface area contributed by atoms with E-state index in [1.165, 1.54) is 6.33 Å². The molecule has 0 aliphatic heterocycles. The third kappa shape index (κ3) is 2.95. The second-order valence-corrected chi connectivity index (χ2v) is 3.39. The molecule has 0 unspecified atom stereocenters. The van der Waals surface area contributed by atoms with Crippen LogP contribution in [0.25, 0.3) is 0 Å². The molecular weight excluding hydrogens is 241 g/mol. The molecule has 0 atom stereocenters. The summed E-state index contributed by atoms with van der Waals surface area (Å²) >= 11 is 9.14. The first kappa shape index (κ1) is 9.74. The van der Waals surface area contributed by atoms with E-state index in [4.69, 9.17) is 11.6 Å². The van der Waals surface area contributed by atoms with Gasteiger partial charge >= 0.3 is 0 Å². The molecule has 1 aromatic heterocycles. The molecule has 0 aliphatic rings. The van der Waals surface area contributed by atoms with E-state index < -0.39 is 0 Å². The van der Waals surface area contributed by atoms with Crippen molar-refractivity contribution in [1.29, 1.82) is 0 Å². The van der Waals surface area contributed by atoms with Gasteiger partial charge in [-0.2, -0.15) is 0 Å². The van der Waals surface area contributed by atoms with Crippen LogP contribution >= 0.6 is 27.5 Å². The fourth-order valence-corrected chi connectivity index (χ4v) is 1.17. The molecule has 0 radical (unpaired) electrons. The Balaban J connectivity index is 2.46. The van der Waals surface area contributed by atoms with Crippen LogP contribution in [0, 0.1) is 0 Å². The van der Waals surface area contributed by atoms with Crippen molar-refractivity contribution < 1.29 is 0 Å². The molecule has 0 bridgehead atoms. The molecule has 66 valence electrons. The van der Waals surface area contributed by atoms with Gasteiger partial charge in [-0.15, -0.1) is 0 Å². The average molecular weight is 251 g/mol. The minimum atomic E-state index is 0.562. The molecule has 3 nitrogen and oxygen atoms in total. The van der Waals surface area contributed by atoms with Crippen molar-refractivity contribution in [3.8, 4) is 0 Å². The fourth-order valence-electron chi connectivity index (χ4n) is 0.716. The van der Waals surface area contributed by atoms with Crippen LogP contribution in [0.15, 0.2) is 12.5 Å². The Bertz CT molecular complexity index is 244. The number of nitrogens with zero attached hydrogens (tertiary/aromatic N) is 2. The Kier molecular flexibility index (Phi) is 4.32. The molecule has 0 saturated heterocycles. The van der Waals surface area contributed by atoms with Gasteiger partial charge in [0, 0.05) is 11.9 Å². The van der Waals surface area contributed by atoms with Gasteiger partial charge in [-0.25, -0.2) is 9.97 Å². The number of rotatable bonds is 4. The number of alkyl halides is 1. The molecule has 0 aromatic carbocycles. The van der Waals surface area contributed by atoms with E-state index in [0.29, 0.717) is 10.8 Å². The van der Waals surface area contributed by atoms with Crippen molar-refractivity contribution in [2.45, 2.75) is 6.42 Å². The van der Waals surface area contributed by atoms with E-state index in [2.05, 4.69) is 31.2 Å². The molecule has 5 heteroatoms. The Morgan fingerprint density at radius 1 is 1.58 bits per heavy atom. The van der Waals surface area contributed by atoms with Gasteiger partial charge < -0.3 is 5.32 Å². The van der Waals surface area contributed by atoms with Crippen molar-refractivity contribution in [3.05, 3.63) is 17.5 Å². The fraction of sp³-hybridized carbons (Fsp3) is 0.429. The smallest absolute Gasteiger partial charge is 0.148 e. The normalized spacial score (nSPS) is 9.83. The summed E-state index contributed by atoms with van der Waals surface area (Å²) in [7, 11) is 0. The van der Waals surface area contributed by atoms with Crippen LogP contribution in [0.5, 0.6) is 0 Å². The highest BCUT2D eigenvalue weighted by Gasteiger charge is 1.98. The lowest BCUT2D eigenvalue weighted by atomic mass is 10.4. The first-order valence-electron chi connectivity index (χ1n) is 3.60. The predicted octanol–water partition coefficient (Wildman–Crippen LogP) is 2.33. The topological polar surface area (TPSA) is 37.8 Å². The maximum Gasteiger partial charge on any atom is 0.148 e. The highest BCUT2D eigenvalue weighted by atomic mass is 79.9.